The van der Waals surface area contributed by atoms with Gasteiger partial charge in [0.15, 0.2) is 0 Å². The minimum Gasteiger partial charge on any atom is -0.444 e. The van der Waals surface area contributed by atoms with E-state index in [4.69, 9.17) is 4.74 Å². The van der Waals surface area contributed by atoms with E-state index < -0.39 is 11.7 Å². The molecule has 1 amide bonds. The Morgan fingerprint density at radius 2 is 2.13 bits per heavy atom. The molecule has 3 rings (SSSR count). The largest absolute Gasteiger partial charge is 0.444 e. The van der Waals surface area contributed by atoms with Crippen molar-refractivity contribution in [1.29, 1.82) is 0 Å². The van der Waals surface area contributed by atoms with Gasteiger partial charge >= 0.3 is 6.09 Å². The number of ether oxygens (including phenoxy) is 1. The summed E-state index contributed by atoms with van der Waals surface area (Å²) >= 11 is 0. The van der Waals surface area contributed by atoms with Gasteiger partial charge in [-0.05, 0) is 63.5 Å². The van der Waals surface area contributed by atoms with Crippen LogP contribution >= 0.6 is 0 Å². The Bertz CT molecular complexity index is 589. The maximum atomic E-state index is 11.7. The molecule has 0 saturated heterocycles. The number of hydrogen-bond donors (Lipinski definition) is 2. The van der Waals surface area contributed by atoms with Gasteiger partial charge in [0.05, 0.1) is 11.9 Å². The van der Waals surface area contributed by atoms with Crippen LogP contribution in [0.1, 0.15) is 33.6 Å². The molecule has 2 aliphatic carbocycles. The number of allylic oxidation sites excluding steroid dienone is 2. The van der Waals surface area contributed by atoms with Crippen LogP contribution in [-0.2, 0) is 4.74 Å². The van der Waals surface area contributed by atoms with Crippen LogP contribution < -0.4 is 10.6 Å². The monoisotopic (exact) mass is 315 g/mol. The lowest BCUT2D eigenvalue weighted by Crippen LogP contribution is -2.27. The number of pyridine rings is 1. The molecule has 3 atom stereocenters. The van der Waals surface area contributed by atoms with Crippen molar-refractivity contribution in [2.24, 2.45) is 17.8 Å². The summed E-state index contributed by atoms with van der Waals surface area (Å²) in [5.41, 5.74) is 0.465. The van der Waals surface area contributed by atoms with Crippen molar-refractivity contribution >= 4 is 17.6 Å². The molecule has 2 aliphatic rings. The highest BCUT2D eigenvalue weighted by molar-refractivity contribution is 5.83. The molecule has 1 saturated carbocycles. The van der Waals surface area contributed by atoms with Gasteiger partial charge < -0.3 is 10.1 Å². The summed E-state index contributed by atoms with van der Waals surface area (Å²) in [6.45, 7) is 6.47. The molecule has 1 aromatic rings. The molecule has 1 fully saturated rings. The van der Waals surface area contributed by atoms with Crippen molar-refractivity contribution in [2.45, 2.75) is 39.2 Å². The van der Waals surface area contributed by atoms with E-state index in [-0.39, 0.29) is 0 Å². The Morgan fingerprint density at radius 1 is 1.30 bits per heavy atom. The number of nitrogens with zero attached hydrogens (tertiary/aromatic N) is 1. The fourth-order valence-electron chi connectivity index (χ4n) is 3.36. The van der Waals surface area contributed by atoms with Crippen LogP contribution in [0.15, 0.2) is 30.5 Å². The maximum absolute atomic E-state index is 11.7. The van der Waals surface area contributed by atoms with Crippen molar-refractivity contribution in [2.75, 3.05) is 17.2 Å². The third-order valence-corrected chi connectivity index (χ3v) is 4.38. The molecule has 124 valence electrons. The predicted molar refractivity (Wildman–Crippen MR) is 91.4 cm³/mol. The fourth-order valence-corrected chi connectivity index (χ4v) is 3.36. The lowest BCUT2D eigenvalue weighted by atomic mass is 9.93. The summed E-state index contributed by atoms with van der Waals surface area (Å²) in [7, 11) is 0. The molecule has 1 aromatic heterocycles. The van der Waals surface area contributed by atoms with E-state index in [1.165, 1.54) is 12.8 Å². The van der Waals surface area contributed by atoms with Crippen LogP contribution in [0.2, 0.25) is 0 Å². The number of amides is 1. The Morgan fingerprint density at radius 3 is 2.70 bits per heavy atom. The predicted octanol–water partition coefficient (Wildman–Crippen LogP) is 4.05. The lowest BCUT2D eigenvalue weighted by molar-refractivity contribution is 0.0635. The van der Waals surface area contributed by atoms with Crippen LogP contribution in [0.3, 0.4) is 0 Å². The molecule has 0 aliphatic heterocycles. The number of rotatable bonds is 4. The fraction of sp³-hybridized carbons (Fsp3) is 0.556. The van der Waals surface area contributed by atoms with Gasteiger partial charge in [-0.3, -0.25) is 5.32 Å². The van der Waals surface area contributed by atoms with Gasteiger partial charge in [-0.25, -0.2) is 9.78 Å². The second-order valence-electron chi connectivity index (χ2n) is 7.48. The van der Waals surface area contributed by atoms with Crippen LogP contribution in [0.4, 0.5) is 16.3 Å². The van der Waals surface area contributed by atoms with Crippen LogP contribution in [-0.4, -0.2) is 23.2 Å². The lowest BCUT2D eigenvalue weighted by Gasteiger charge is -2.20. The zero-order valence-electron chi connectivity index (χ0n) is 14.0. The maximum Gasteiger partial charge on any atom is 0.413 e. The van der Waals surface area contributed by atoms with Gasteiger partial charge in [0.2, 0.25) is 0 Å². The van der Waals surface area contributed by atoms with Crippen molar-refractivity contribution in [3.8, 4) is 0 Å². The molecule has 1 heterocycles. The number of carbonyl (C=O) groups excluding carboxylic acids is 1. The van der Waals surface area contributed by atoms with Crippen molar-refractivity contribution < 1.29 is 9.53 Å². The number of aromatic nitrogens is 1. The van der Waals surface area contributed by atoms with Crippen LogP contribution in [0.5, 0.6) is 0 Å². The summed E-state index contributed by atoms with van der Waals surface area (Å²) in [4.78, 5) is 15.9. The first-order valence-electron chi connectivity index (χ1n) is 8.27. The molecule has 2 bridgehead atoms. The van der Waals surface area contributed by atoms with Crippen LogP contribution in [0.25, 0.3) is 0 Å². The Labute approximate surface area is 137 Å². The second-order valence-corrected chi connectivity index (χ2v) is 7.48. The molecule has 0 spiro atoms. The van der Waals surface area contributed by atoms with E-state index in [9.17, 15) is 4.79 Å². The van der Waals surface area contributed by atoms with Gasteiger partial charge in [-0.15, -0.1) is 0 Å². The number of fused-ring (bicyclic) bond motifs is 2. The summed E-state index contributed by atoms with van der Waals surface area (Å²) in [5.74, 6) is 2.76. The number of anilines is 2. The summed E-state index contributed by atoms with van der Waals surface area (Å²) in [5, 5.41) is 6.09. The van der Waals surface area contributed by atoms with Gasteiger partial charge in [-0.1, -0.05) is 12.2 Å². The normalized spacial score (nSPS) is 25.4. The molecular weight excluding hydrogens is 290 g/mol. The van der Waals surface area contributed by atoms with E-state index in [0.717, 1.165) is 30.0 Å². The molecule has 3 unspecified atom stereocenters. The van der Waals surface area contributed by atoms with E-state index in [2.05, 4.69) is 27.8 Å². The third-order valence-electron chi connectivity index (χ3n) is 4.38. The molecular formula is C18H25N3O2. The Kier molecular flexibility index (Phi) is 4.28. The van der Waals surface area contributed by atoms with Gasteiger partial charge in [-0.2, -0.15) is 0 Å². The first kappa shape index (κ1) is 15.8. The Hall–Kier alpha value is -2.04. The van der Waals surface area contributed by atoms with E-state index in [1.807, 2.05) is 26.8 Å². The zero-order valence-corrected chi connectivity index (χ0v) is 14.0. The van der Waals surface area contributed by atoms with Gasteiger partial charge in [0.25, 0.3) is 0 Å². The standard InChI is InChI=1S/C18H25N3O2/c1-18(2,3)23-17(22)21-16-7-6-15(11-20-16)19-10-14-9-12-4-5-13(14)8-12/h4-7,11-14,19H,8-10H2,1-3H3,(H,20,21,22). The molecule has 5 nitrogen and oxygen atoms in total. The highest BCUT2D eigenvalue weighted by Crippen LogP contribution is 2.43. The van der Waals surface area contributed by atoms with Gasteiger partial charge in [0, 0.05) is 6.54 Å². The van der Waals surface area contributed by atoms with E-state index >= 15 is 0 Å². The molecule has 23 heavy (non-hydrogen) atoms. The van der Waals surface area contributed by atoms with Crippen molar-refractivity contribution in [1.82, 2.24) is 4.98 Å². The average molecular weight is 315 g/mol. The zero-order chi connectivity index (χ0) is 16.4. The number of hydrogen-bond acceptors (Lipinski definition) is 4. The molecule has 5 heteroatoms. The highest BCUT2D eigenvalue weighted by atomic mass is 16.6. The topological polar surface area (TPSA) is 63.2 Å². The first-order chi connectivity index (χ1) is 10.9. The van der Waals surface area contributed by atoms with Crippen molar-refractivity contribution in [3.05, 3.63) is 30.5 Å². The average Bonchev–Trinajstić information content (AvgIpc) is 3.07. The van der Waals surface area contributed by atoms with Gasteiger partial charge in [0.1, 0.15) is 11.4 Å². The van der Waals surface area contributed by atoms with Crippen LogP contribution in [0, 0.1) is 17.8 Å². The minimum atomic E-state index is -0.513. The molecule has 2 N–H and O–H groups in total. The molecule has 0 aromatic carbocycles. The SMILES string of the molecule is CC(C)(C)OC(=O)Nc1ccc(NCC2CC3C=CC2C3)cn1. The first-order valence-corrected chi connectivity index (χ1v) is 8.27. The van der Waals surface area contributed by atoms with Crippen molar-refractivity contribution in [3.63, 3.8) is 0 Å². The molecule has 0 radical (unpaired) electrons. The van der Waals surface area contributed by atoms with E-state index in [1.54, 1.807) is 12.3 Å². The second kappa shape index (κ2) is 6.22. The van der Waals surface area contributed by atoms with E-state index in [0.29, 0.717) is 5.82 Å². The highest BCUT2D eigenvalue weighted by Gasteiger charge is 2.35. The summed E-state index contributed by atoms with van der Waals surface area (Å²) in [6, 6.07) is 3.72. The quantitative estimate of drug-likeness (QED) is 0.823. The number of carbonyl (C=O) groups is 1. The smallest absolute Gasteiger partial charge is 0.413 e. The summed E-state index contributed by atoms with van der Waals surface area (Å²) < 4.78 is 5.20. The summed E-state index contributed by atoms with van der Waals surface area (Å²) in [6.07, 6.45) is 8.60. The third kappa shape index (κ3) is 4.24. The Balaban J connectivity index is 1.47. The number of nitrogens with one attached hydrogen (secondary N) is 2. The minimum absolute atomic E-state index is 0.487.